The molecular weight excluding hydrogens is 348 g/mol. The topological polar surface area (TPSA) is 50.2 Å². The molecule has 28 heavy (non-hydrogen) atoms. The van der Waals surface area contributed by atoms with Crippen molar-refractivity contribution in [2.75, 3.05) is 25.0 Å². The SMILES string of the molecule is CN(CCCNC(=O)c1cc(C2CC2)nn1-c1ccccc1)c1ccccc1. The Morgan fingerprint density at radius 1 is 1.11 bits per heavy atom. The van der Waals surface area contributed by atoms with Gasteiger partial charge in [0.25, 0.3) is 5.91 Å². The first-order chi connectivity index (χ1) is 13.7. The van der Waals surface area contributed by atoms with E-state index < -0.39 is 0 Å². The Morgan fingerprint density at radius 2 is 1.79 bits per heavy atom. The predicted octanol–water partition coefficient (Wildman–Crippen LogP) is 4.01. The van der Waals surface area contributed by atoms with Crippen LogP contribution in [0.2, 0.25) is 0 Å². The Balaban J connectivity index is 1.38. The zero-order valence-electron chi connectivity index (χ0n) is 16.2. The van der Waals surface area contributed by atoms with Gasteiger partial charge in [-0.25, -0.2) is 4.68 Å². The van der Waals surface area contributed by atoms with Gasteiger partial charge in [-0.15, -0.1) is 0 Å². The van der Waals surface area contributed by atoms with Crippen molar-refractivity contribution >= 4 is 11.6 Å². The van der Waals surface area contributed by atoms with Gasteiger partial charge in [0.1, 0.15) is 5.69 Å². The van der Waals surface area contributed by atoms with Crippen LogP contribution in [0.3, 0.4) is 0 Å². The maximum absolute atomic E-state index is 12.8. The van der Waals surface area contributed by atoms with Gasteiger partial charge in [-0.2, -0.15) is 5.10 Å². The van der Waals surface area contributed by atoms with E-state index in [1.807, 2.05) is 54.6 Å². The van der Waals surface area contributed by atoms with Gasteiger partial charge in [0, 0.05) is 31.7 Å². The van der Waals surface area contributed by atoms with Crippen LogP contribution < -0.4 is 10.2 Å². The molecule has 144 valence electrons. The van der Waals surface area contributed by atoms with E-state index in [1.54, 1.807) is 4.68 Å². The van der Waals surface area contributed by atoms with Gasteiger partial charge >= 0.3 is 0 Å². The zero-order chi connectivity index (χ0) is 19.3. The average molecular weight is 374 g/mol. The van der Waals surface area contributed by atoms with Crippen LogP contribution in [0, 0.1) is 0 Å². The number of carbonyl (C=O) groups is 1. The molecule has 0 saturated heterocycles. The third kappa shape index (κ3) is 4.25. The number of nitrogens with zero attached hydrogens (tertiary/aromatic N) is 3. The van der Waals surface area contributed by atoms with Gasteiger partial charge in [0.15, 0.2) is 0 Å². The van der Waals surface area contributed by atoms with Crippen LogP contribution in [0.1, 0.15) is 41.4 Å². The summed E-state index contributed by atoms with van der Waals surface area (Å²) in [6.07, 6.45) is 3.21. The van der Waals surface area contributed by atoms with Gasteiger partial charge < -0.3 is 10.2 Å². The first kappa shape index (κ1) is 18.3. The molecule has 0 aliphatic heterocycles. The summed E-state index contributed by atoms with van der Waals surface area (Å²) in [5.41, 5.74) is 3.75. The van der Waals surface area contributed by atoms with E-state index in [-0.39, 0.29) is 5.91 Å². The molecule has 1 aliphatic rings. The minimum absolute atomic E-state index is 0.0642. The molecule has 1 heterocycles. The monoisotopic (exact) mass is 374 g/mol. The third-order valence-corrected chi connectivity index (χ3v) is 5.11. The third-order valence-electron chi connectivity index (χ3n) is 5.11. The molecule has 0 unspecified atom stereocenters. The van der Waals surface area contributed by atoms with Crippen LogP contribution in [-0.4, -0.2) is 35.8 Å². The van der Waals surface area contributed by atoms with Crippen molar-refractivity contribution in [3.63, 3.8) is 0 Å². The number of carbonyl (C=O) groups excluding carboxylic acids is 1. The van der Waals surface area contributed by atoms with Crippen LogP contribution >= 0.6 is 0 Å². The average Bonchev–Trinajstić information content (AvgIpc) is 3.50. The van der Waals surface area contributed by atoms with Crippen LogP contribution in [0.15, 0.2) is 66.7 Å². The smallest absolute Gasteiger partial charge is 0.270 e. The number of benzene rings is 2. The number of hydrogen-bond acceptors (Lipinski definition) is 3. The van der Waals surface area contributed by atoms with Crippen molar-refractivity contribution in [2.45, 2.75) is 25.2 Å². The number of amides is 1. The molecule has 1 amide bonds. The highest BCUT2D eigenvalue weighted by Gasteiger charge is 2.28. The van der Waals surface area contributed by atoms with E-state index in [2.05, 4.69) is 29.4 Å². The minimum Gasteiger partial charge on any atom is -0.375 e. The normalized spacial score (nSPS) is 13.3. The van der Waals surface area contributed by atoms with Crippen molar-refractivity contribution in [2.24, 2.45) is 0 Å². The lowest BCUT2D eigenvalue weighted by Crippen LogP contribution is -2.29. The maximum Gasteiger partial charge on any atom is 0.270 e. The molecule has 5 heteroatoms. The Bertz CT molecular complexity index is 916. The van der Waals surface area contributed by atoms with Gasteiger partial charge in [-0.3, -0.25) is 4.79 Å². The molecule has 4 rings (SSSR count). The van der Waals surface area contributed by atoms with Gasteiger partial charge in [0.2, 0.25) is 0 Å². The molecule has 0 atom stereocenters. The predicted molar refractivity (Wildman–Crippen MR) is 112 cm³/mol. The van der Waals surface area contributed by atoms with Crippen molar-refractivity contribution in [1.82, 2.24) is 15.1 Å². The first-order valence-electron chi connectivity index (χ1n) is 9.92. The summed E-state index contributed by atoms with van der Waals surface area (Å²) in [4.78, 5) is 15.0. The Labute approximate surface area is 166 Å². The lowest BCUT2D eigenvalue weighted by Gasteiger charge is -2.19. The summed E-state index contributed by atoms with van der Waals surface area (Å²) >= 11 is 0. The minimum atomic E-state index is -0.0642. The molecule has 1 N–H and O–H groups in total. The zero-order valence-corrected chi connectivity index (χ0v) is 16.2. The molecule has 1 aromatic heterocycles. The second-order valence-electron chi connectivity index (χ2n) is 7.34. The largest absolute Gasteiger partial charge is 0.375 e. The molecule has 1 fully saturated rings. The fourth-order valence-electron chi connectivity index (χ4n) is 3.33. The summed E-state index contributed by atoms with van der Waals surface area (Å²) in [6, 6.07) is 22.1. The van der Waals surface area contributed by atoms with Crippen molar-refractivity contribution in [3.05, 3.63) is 78.1 Å². The lowest BCUT2D eigenvalue weighted by molar-refractivity contribution is 0.0945. The molecule has 0 radical (unpaired) electrons. The Morgan fingerprint density at radius 3 is 2.46 bits per heavy atom. The van der Waals surface area contributed by atoms with E-state index in [1.165, 1.54) is 18.5 Å². The van der Waals surface area contributed by atoms with E-state index in [0.717, 1.165) is 24.3 Å². The number of nitrogens with one attached hydrogen (secondary N) is 1. The van der Waals surface area contributed by atoms with Crippen LogP contribution in [0.25, 0.3) is 5.69 Å². The molecule has 1 aliphatic carbocycles. The number of hydrogen-bond donors (Lipinski definition) is 1. The Hall–Kier alpha value is -3.08. The highest BCUT2D eigenvalue weighted by Crippen LogP contribution is 2.39. The van der Waals surface area contributed by atoms with Gasteiger partial charge in [-0.1, -0.05) is 36.4 Å². The molecule has 0 spiro atoms. The molecule has 5 nitrogen and oxygen atoms in total. The van der Waals surface area contributed by atoms with E-state index >= 15 is 0 Å². The van der Waals surface area contributed by atoms with Gasteiger partial charge in [0.05, 0.1) is 11.4 Å². The summed E-state index contributed by atoms with van der Waals surface area (Å²) in [5, 5.41) is 7.77. The molecular formula is C23H26N4O. The second-order valence-corrected chi connectivity index (χ2v) is 7.34. The molecule has 3 aromatic rings. The van der Waals surface area contributed by atoms with E-state index in [9.17, 15) is 4.79 Å². The number of anilines is 1. The van der Waals surface area contributed by atoms with E-state index in [0.29, 0.717) is 18.2 Å². The summed E-state index contributed by atoms with van der Waals surface area (Å²) in [5.74, 6) is 0.446. The standard InChI is InChI=1S/C23H26N4O/c1-26(19-9-4-2-5-10-19)16-8-15-24-23(28)22-17-21(18-13-14-18)25-27(22)20-11-6-3-7-12-20/h2-7,9-12,17-18H,8,13-16H2,1H3,(H,24,28). The molecule has 0 bridgehead atoms. The number of aromatic nitrogens is 2. The number of rotatable bonds is 8. The summed E-state index contributed by atoms with van der Waals surface area (Å²) in [6.45, 7) is 1.52. The Kier molecular flexibility index (Phi) is 5.42. The fourth-order valence-corrected chi connectivity index (χ4v) is 3.33. The van der Waals surface area contributed by atoms with Crippen LogP contribution in [0.4, 0.5) is 5.69 Å². The van der Waals surface area contributed by atoms with Gasteiger partial charge in [-0.05, 0) is 49.6 Å². The van der Waals surface area contributed by atoms with Crippen molar-refractivity contribution in [3.8, 4) is 5.69 Å². The summed E-state index contributed by atoms with van der Waals surface area (Å²) in [7, 11) is 2.07. The van der Waals surface area contributed by atoms with Crippen molar-refractivity contribution in [1.29, 1.82) is 0 Å². The highest BCUT2D eigenvalue weighted by molar-refractivity contribution is 5.93. The number of para-hydroxylation sites is 2. The lowest BCUT2D eigenvalue weighted by atomic mass is 10.2. The molecule has 1 saturated carbocycles. The van der Waals surface area contributed by atoms with Crippen LogP contribution in [-0.2, 0) is 0 Å². The first-order valence-corrected chi connectivity index (χ1v) is 9.92. The quantitative estimate of drug-likeness (QED) is 0.606. The summed E-state index contributed by atoms with van der Waals surface area (Å²) < 4.78 is 1.78. The maximum atomic E-state index is 12.8. The fraction of sp³-hybridized carbons (Fsp3) is 0.304. The second kappa shape index (κ2) is 8.30. The van der Waals surface area contributed by atoms with E-state index in [4.69, 9.17) is 5.10 Å². The van der Waals surface area contributed by atoms with Crippen LogP contribution in [0.5, 0.6) is 0 Å². The highest BCUT2D eigenvalue weighted by atomic mass is 16.2. The molecule has 2 aromatic carbocycles. The van der Waals surface area contributed by atoms with Crippen molar-refractivity contribution < 1.29 is 4.79 Å².